The molecule has 94 valence electrons. The number of hydrogen-bond acceptors (Lipinski definition) is 3. The highest BCUT2D eigenvalue weighted by Crippen LogP contribution is 2.22. The number of halogens is 1. The van der Waals surface area contributed by atoms with Crippen molar-refractivity contribution in [2.24, 2.45) is 0 Å². The molecule has 0 spiro atoms. The summed E-state index contributed by atoms with van der Waals surface area (Å²) in [5.74, 6) is 0. The smallest absolute Gasteiger partial charge is 0.0461 e. The maximum atomic E-state index is 5.91. The lowest BCUT2D eigenvalue weighted by molar-refractivity contribution is 0.0938. The van der Waals surface area contributed by atoms with E-state index in [-0.39, 0.29) is 0 Å². The Morgan fingerprint density at radius 2 is 2.18 bits per heavy atom. The molecule has 3 nitrogen and oxygen atoms in total. The Labute approximate surface area is 112 Å². The van der Waals surface area contributed by atoms with E-state index in [2.05, 4.69) is 51.8 Å². The van der Waals surface area contributed by atoms with Crippen molar-refractivity contribution in [2.75, 3.05) is 32.4 Å². The number of nitrogens with two attached hydrogens (primary N) is 1. The standard InChI is InChI=1S/C13H20BrN3/c1-10-8-16(2)5-6-17(10)9-11-3-4-12(14)13(15)7-11/h3-4,7,10H,5-6,8-9,15H2,1-2H3. The third-order valence-electron chi connectivity index (χ3n) is 3.41. The van der Waals surface area contributed by atoms with E-state index < -0.39 is 0 Å². The van der Waals surface area contributed by atoms with Gasteiger partial charge in [-0.1, -0.05) is 6.07 Å². The summed E-state index contributed by atoms with van der Waals surface area (Å²) in [6, 6.07) is 6.85. The third kappa shape index (κ3) is 3.21. The summed E-state index contributed by atoms with van der Waals surface area (Å²) in [7, 11) is 2.19. The summed E-state index contributed by atoms with van der Waals surface area (Å²) < 4.78 is 0.979. The summed E-state index contributed by atoms with van der Waals surface area (Å²) in [5, 5.41) is 0. The fourth-order valence-electron chi connectivity index (χ4n) is 2.34. The molecule has 0 saturated carbocycles. The van der Waals surface area contributed by atoms with Crippen LogP contribution in [0, 0.1) is 0 Å². The van der Waals surface area contributed by atoms with Crippen LogP contribution >= 0.6 is 15.9 Å². The van der Waals surface area contributed by atoms with Gasteiger partial charge in [0.2, 0.25) is 0 Å². The minimum absolute atomic E-state index is 0.610. The van der Waals surface area contributed by atoms with Gasteiger partial charge in [-0.25, -0.2) is 0 Å². The molecular weight excluding hydrogens is 278 g/mol. The summed E-state index contributed by atoms with van der Waals surface area (Å²) in [5.41, 5.74) is 8.03. The lowest BCUT2D eigenvalue weighted by Crippen LogP contribution is -2.49. The fraction of sp³-hybridized carbons (Fsp3) is 0.538. The van der Waals surface area contributed by atoms with Crippen LogP contribution in [0.1, 0.15) is 12.5 Å². The monoisotopic (exact) mass is 297 g/mol. The Morgan fingerprint density at radius 1 is 1.41 bits per heavy atom. The van der Waals surface area contributed by atoms with Gasteiger partial charge in [0.05, 0.1) is 0 Å². The molecule has 1 atom stereocenters. The van der Waals surface area contributed by atoms with Gasteiger partial charge in [0.25, 0.3) is 0 Å². The zero-order valence-corrected chi connectivity index (χ0v) is 12.1. The van der Waals surface area contributed by atoms with E-state index in [9.17, 15) is 0 Å². The minimum Gasteiger partial charge on any atom is -0.398 e. The molecule has 2 rings (SSSR count). The lowest BCUT2D eigenvalue weighted by Gasteiger charge is -2.38. The number of piperazine rings is 1. The first-order chi connectivity index (χ1) is 8.06. The van der Waals surface area contributed by atoms with Crippen molar-refractivity contribution < 1.29 is 0 Å². The molecule has 1 heterocycles. The molecule has 1 aromatic rings. The van der Waals surface area contributed by atoms with E-state index in [0.29, 0.717) is 6.04 Å². The minimum atomic E-state index is 0.610. The summed E-state index contributed by atoms with van der Waals surface area (Å²) in [4.78, 5) is 4.90. The third-order valence-corrected chi connectivity index (χ3v) is 4.14. The van der Waals surface area contributed by atoms with Crippen LogP contribution in [0.4, 0.5) is 5.69 Å². The first-order valence-corrected chi connectivity index (χ1v) is 6.82. The van der Waals surface area contributed by atoms with Crippen molar-refractivity contribution in [3.8, 4) is 0 Å². The largest absolute Gasteiger partial charge is 0.398 e. The molecule has 0 aromatic heterocycles. The Hall–Kier alpha value is -0.580. The van der Waals surface area contributed by atoms with Gasteiger partial charge in [-0.2, -0.15) is 0 Å². The molecule has 0 aliphatic carbocycles. The second-order valence-electron chi connectivity index (χ2n) is 4.94. The van der Waals surface area contributed by atoms with Crippen LogP contribution in [0.25, 0.3) is 0 Å². The first-order valence-electron chi connectivity index (χ1n) is 6.03. The zero-order valence-electron chi connectivity index (χ0n) is 10.5. The molecular formula is C13H20BrN3. The molecule has 0 amide bonds. The topological polar surface area (TPSA) is 32.5 Å². The molecule has 1 aliphatic rings. The van der Waals surface area contributed by atoms with Crippen LogP contribution in [-0.2, 0) is 6.54 Å². The number of nitrogen functional groups attached to an aromatic ring is 1. The van der Waals surface area contributed by atoms with Crippen LogP contribution in [-0.4, -0.2) is 42.5 Å². The van der Waals surface area contributed by atoms with Gasteiger partial charge < -0.3 is 10.6 Å². The number of benzene rings is 1. The number of nitrogens with zero attached hydrogens (tertiary/aromatic N) is 2. The van der Waals surface area contributed by atoms with Crippen LogP contribution in [0.2, 0.25) is 0 Å². The SMILES string of the molecule is CC1CN(C)CCN1Cc1ccc(Br)c(N)c1. The van der Waals surface area contributed by atoms with Gasteiger partial charge in [-0.15, -0.1) is 0 Å². The summed E-state index contributed by atoms with van der Waals surface area (Å²) >= 11 is 3.43. The highest BCUT2D eigenvalue weighted by Gasteiger charge is 2.21. The van der Waals surface area contributed by atoms with E-state index in [1.165, 1.54) is 5.56 Å². The quantitative estimate of drug-likeness (QED) is 0.849. The Kier molecular flexibility index (Phi) is 4.07. The second kappa shape index (κ2) is 5.38. The van der Waals surface area contributed by atoms with Crippen molar-refractivity contribution in [3.05, 3.63) is 28.2 Å². The molecule has 1 saturated heterocycles. The van der Waals surface area contributed by atoms with E-state index in [0.717, 1.165) is 36.3 Å². The van der Waals surface area contributed by atoms with Gasteiger partial charge in [0.15, 0.2) is 0 Å². The molecule has 2 N–H and O–H groups in total. The molecule has 1 fully saturated rings. The van der Waals surface area contributed by atoms with Crippen LogP contribution < -0.4 is 5.73 Å². The zero-order chi connectivity index (χ0) is 12.4. The van der Waals surface area contributed by atoms with Crippen molar-refractivity contribution in [3.63, 3.8) is 0 Å². The molecule has 1 aromatic carbocycles. The maximum absolute atomic E-state index is 5.91. The van der Waals surface area contributed by atoms with Crippen LogP contribution in [0.15, 0.2) is 22.7 Å². The molecule has 0 bridgehead atoms. The lowest BCUT2D eigenvalue weighted by atomic mass is 10.1. The van der Waals surface area contributed by atoms with Crippen molar-refractivity contribution in [1.82, 2.24) is 9.80 Å². The van der Waals surface area contributed by atoms with Gasteiger partial charge >= 0.3 is 0 Å². The predicted molar refractivity (Wildman–Crippen MR) is 75.9 cm³/mol. The Bertz CT molecular complexity index is 394. The number of hydrogen-bond donors (Lipinski definition) is 1. The van der Waals surface area contributed by atoms with E-state index in [4.69, 9.17) is 5.73 Å². The van der Waals surface area contributed by atoms with Gasteiger partial charge in [-0.05, 0) is 47.6 Å². The molecule has 4 heteroatoms. The van der Waals surface area contributed by atoms with Gasteiger partial charge in [0, 0.05) is 42.4 Å². The highest BCUT2D eigenvalue weighted by molar-refractivity contribution is 9.10. The van der Waals surface area contributed by atoms with Crippen LogP contribution in [0.5, 0.6) is 0 Å². The predicted octanol–water partition coefficient (Wildman–Crippen LogP) is 2.17. The maximum Gasteiger partial charge on any atom is 0.0461 e. The number of rotatable bonds is 2. The Balaban J connectivity index is 2.02. The highest BCUT2D eigenvalue weighted by atomic mass is 79.9. The second-order valence-corrected chi connectivity index (χ2v) is 5.79. The normalized spacial score (nSPS) is 22.9. The van der Waals surface area contributed by atoms with Crippen molar-refractivity contribution in [1.29, 1.82) is 0 Å². The van der Waals surface area contributed by atoms with Crippen LogP contribution in [0.3, 0.4) is 0 Å². The van der Waals surface area contributed by atoms with Gasteiger partial charge in [-0.3, -0.25) is 4.90 Å². The summed E-state index contributed by atoms with van der Waals surface area (Å²) in [6.07, 6.45) is 0. The van der Waals surface area contributed by atoms with E-state index >= 15 is 0 Å². The van der Waals surface area contributed by atoms with E-state index in [1.54, 1.807) is 0 Å². The first kappa shape index (κ1) is 12.9. The number of anilines is 1. The average molecular weight is 298 g/mol. The number of likely N-dealkylation sites (N-methyl/N-ethyl adjacent to an activating group) is 1. The van der Waals surface area contributed by atoms with Crippen molar-refractivity contribution >= 4 is 21.6 Å². The molecule has 0 radical (unpaired) electrons. The Morgan fingerprint density at radius 3 is 2.82 bits per heavy atom. The van der Waals surface area contributed by atoms with Gasteiger partial charge in [0.1, 0.15) is 0 Å². The summed E-state index contributed by atoms with van der Waals surface area (Å²) in [6.45, 7) is 6.71. The van der Waals surface area contributed by atoms with E-state index in [1.807, 2.05) is 6.07 Å². The molecule has 1 unspecified atom stereocenters. The van der Waals surface area contributed by atoms with Crippen molar-refractivity contribution in [2.45, 2.75) is 19.5 Å². The fourth-order valence-corrected chi connectivity index (χ4v) is 2.58. The molecule has 17 heavy (non-hydrogen) atoms. The molecule has 1 aliphatic heterocycles. The average Bonchev–Trinajstić information content (AvgIpc) is 2.27.